The summed E-state index contributed by atoms with van der Waals surface area (Å²) in [6.07, 6.45) is 0.796. The van der Waals surface area contributed by atoms with Gasteiger partial charge in [-0.25, -0.2) is 0 Å². The van der Waals surface area contributed by atoms with E-state index in [1.54, 1.807) is 0 Å². The highest BCUT2D eigenvalue weighted by atomic mass is 32.1. The normalized spacial score (nSPS) is 10.4. The average Bonchev–Trinajstić information content (AvgIpc) is 2.76. The van der Waals surface area contributed by atoms with Gasteiger partial charge in [0.05, 0.1) is 10.6 Å². The minimum Gasteiger partial charge on any atom is -0.390 e. The molecule has 0 atom stereocenters. The van der Waals surface area contributed by atoms with Gasteiger partial charge in [0.1, 0.15) is 0 Å². The van der Waals surface area contributed by atoms with Crippen molar-refractivity contribution < 1.29 is 4.79 Å². The predicted molar refractivity (Wildman–Crippen MR) is 81.6 cm³/mol. The Balaban J connectivity index is 2.53. The van der Waals surface area contributed by atoms with Gasteiger partial charge in [0.2, 0.25) is 0 Å². The van der Waals surface area contributed by atoms with E-state index < -0.39 is 0 Å². The van der Waals surface area contributed by atoms with Crippen molar-refractivity contribution in [3.8, 4) is 10.4 Å². The third-order valence-corrected chi connectivity index (χ3v) is 4.10. The molecule has 0 radical (unpaired) electrons. The van der Waals surface area contributed by atoms with Gasteiger partial charge in [-0.05, 0) is 24.5 Å². The summed E-state index contributed by atoms with van der Waals surface area (Å²) in [5.41, 5.74) is 8.85. The molecule has 0 bridgehead atoms. The summed E-state index contributed by atoms with van der Waals surface area (Å²) in [7, 11) is 0. The molecule has 2 rings (SSSR count). The van der Waals surface area contributed by atoms with E-state index >= 15 is 0 Å². The van der Waals surface area contributed by atoms with Crippen molar-refractivity contribution in [1.82, 2.24) is 5.32 Å². The fourth-order valence-electron chi connectivity index (χ4n) is 2.14. The summed E-state index contributed by atoms with van der Waals surface area (Å²) >= 11 is 1.49. The Kier molecular flexibility index (Phi) is 4.22. The molecule has 0 spiro atoms. The summed E-state index contributed by atoms with van der Waals surface area (Å²) in [6, 6.07) is 10.1. The molecule has 1 amide bonds. The standard InChI is InChI=1S/C15H18N2OS/c1-3-11-12(15(18)17-4-2)14(16)19-13(11)10-8-6-5-7-9-10/h5-9H,3-4,16H2,1-2H3,(H,17,18). The molecule has 0 saturated heterocycles. The number of rotatable bonds is 4. The first-order valence-corrected chi connectivity index (χ1v) is 7.25. The zero-order valence-corrected chi connectivity index (χ0v) is 12.0. The first-order valence-electron chi connectivity index (χ1n) is 6.43. The van der Waals surface area contributed by atoms with Crippen molar-refractivity contribution in [2.24, 2.45) is 0 Å². The third-order valence-electron chi connectivity index (χ3n) is 2.99. The molecule has 0 aliphatic rings. The molecule has 0 fully saturated rings. The van der Waals surface area contributed by atoms with Crippen LogP contribution in [0.4, 0.5) is 5.00 Å². The summed E-state index contributed by atoms with van der Waals surface area (Å²) in [5, 5.41) is 3.43. The largest absolute Gasteiger partial charge is 0.390 e. The molecular formula is C15H18N2OS. The van der Waals surface area contributed by atoms with Gasteiger partial charge in [-0.1, -0.05) is 37.3 Å². The number of thiophene rings is 1. The molecular weight excluding hydrogens is 256 g/mol. The molecule has 0 unspecified atom stereocenters. The minimum absolute atomic E-state index is 0.0738. The van der Waals surface area contributed by atoms with E-state index in [9.17, 15) is 4.79 Å². The lowest BCUT2D eigenvalue weighted by molar-refractivity contribution is 0.0956. The topological polar surface area (TPSA) is 55.1 Å². The Labute approximate surface area is 117 Å². The van der Waals surface area contributed by atoms with Crippen molar-refractivity contribution in [3.05, 3.63) is 41.5 Å². The van der Waals surface area contributed by atoms with E-state index in [4.69, 9.17) is 5.73 Å². The maximum atomic E-state index is 12.1. The van der Waals surface area contributed by atoms with Gasteiger partial charge in [0.15, 0.2) is 0 Å². The van der Waals surface area contributed by atoms with Gasteiger partial charge < -0.3 is 11.1 Å². The number of nitrogens with two attached hydrogens (primary N) is 1. The molecule has 0 saturated carbocycles. The van der Waals surface area contributed by atoms with Gasteiger partial charge in [-0.15, -0.1) is 11.3 Å². The highest BCUT2D eigenvalue weighted by molar-refractivity contribution is 7.19. The molecule has 19 heavy (non-hydrogen) atoms. The van der Waals surface area contributed by atoms with Crippen LogP contribution >= 0.6 is 11.3 Å². The van der Waals surface area contributed by atoms with Gasteiger partial charge in [0.25, 0.3) is 5.91 Å². The van der Waals surface area contributed by atoms with Crippen LogP contribution in [-0.4, -0.2) is 12.5 Å². The molecule has 3 nitrogen and oxygen atoms in total. The van der Waals surface area contributed by atoms with Crippen LogP contribution in [0.15, 0.2) is 30.3 Å². The number of carbonyl (C=O) groups is 1. The molecule has 1 heterocycles. The van der Waals surface area contributed by atoms with Gasteiger partial charge >= 0.3 is 0 Å². The van der Waals surface area contributed by atoms with Crippen LogP contribution in [0.2, 0.25) is 0 Å². The molecule has 2 aromatic rings. The summed E-state index contributed by atoms with van der Waals surface area (Å²) in [5.74, 6) is -0.0738. The van der Waals surface area contributed by atoms with Crippen LogP contribution in [0.1, 0.15) is 29.8 Å². The third kappa shape index (κ3) is 2.63. The quantitative estimate of drug-likeness (QED) is 0.898. The second kappa shape index (κ2) is 5.89. The number of hydrogen-bond donors (Lipinski definition) is 2. The van der Waals surface area contributed by atoms with Crippen molar-refractivity contribution >= 4 is 22.2 Å². The smallest absolute Gasteiger partial charge is 0.254 e. The van der Waals surface area contributed by atoms with Gasteiger partial charge in [-0.2, -0.15) is 0 Å². The lowest BCUT2D eigenvalue weighted by Gasteiger charge is -2.06. The summed E-state index contributed by atoms with van der Waals surface area (Å²) < 4.78 is 0. The number of nitrogens with one attached hydrogen (secondary N) is 1. The predicted octanol–water partition coefficient (Wildman–Crippen LogP) is 3.31. The number of carbonyl (C=O) groups excluding carboxylic acids is 1. The zero-order chi connectivity index (χ0) is 13.8. The summed E-state index contributed by atoms with van der Waals surface area (Å²) in [4.78, 5) is 13.2. The highest BCUT2D eigenvalue weighted by Crippen LogP contribution is 2.38. The highest BCUT2D eigenvalue weighted by Gasteiger charge is 2.21. The minimum atomic E-state index is -0.0738. The average molecular weight is 274 g/mol. The molecule has 0 aliphatic heterocycles. The lowest BCUT2D eigenvalue weighted by atomic mass is 10.0. The van der Waals surface area contributed by atoms with E-state index in [-0.39, 0.29) is 5.91 Å². The number of hydrogen-bond acceptors (Lipinski definition) is 3. The van der Waals surface area contributed by atoms with Crippen molar-refractivity contribution in [2.45, 2.75) is 20.3 Å². The summed E-state index contributed by atoms with van der Waals surface area (Å²) in [6.45, 7) is 4.57. The van der Waals surface area contributed by atoms with Crippen LogP contribution in [0.5, 0.6) is 0 Å². The number of amides is 1. The monoisotopic (exact) mass is 274 g/mol. The second-order valence-corrected chi connectivity index (χ2v) is 5.28. The molecule has 1 aromatic heterocycles. The van der Waals surface area contributed by atoms with Crippen molar-refractivity contribution in [2.75, 3.05) is 12.3 Å². The molecule has 100 valence electrons. The Hall–Kier alpha value is -1.81. The number of anilines is 1. The van der Waals surface area contributed by atoms with Crippen LogP contribution in [0.3, 0.4) is 0 Å². The van der Waals surface area contributed by atoms with E-state index in [0.29, 0.717) is 17.1 Å². The Bertz CT molecular complexity index is 575. The lowest BCUT2D eigenvalue weighted by Crippen LogP contribution is -2.24. The van der Waals surface area contributed by atoms with E-state index in [1.165, 1.54) is 11.3 Å². The van der Waals surface area contributed by atoms with E-state index in [1.807, 2.05) is 37.3 Å². The number of nitrogen functional groups attached to an aromatic ring is 1. The van der Waals surface area contributed by atoms with Crippen LogP contribution in [0.25, 0.3) is 10.4 Å². The zero-order valence-electron chi connectivity index (χ0n) is 11.2. The maximum Gasteiger partial charge on any atom is 0.254 e. The Morgan fingerprint density at radius 1 is 1.26 bits per heavy atom. The van der Waals surface area contributed by atoms with Crippen LogP contribution < -0.4 is 11.1 Å². The molecule has 0 aliphatic carbocycles. The maximum absolute atomic E-state index is 12.1. The first kappa shape index (κ1) is 13.6. The Morgan fingerprint density at radius 3 is 2.53 bits per heavy atom. The van der Waals surface area contributed by atoms with Crippen LogP contribution in [0, 0.1) is 0 Å². The SMILES string of the molecule is CCNC(=O)c1c(N)sc(-c2ccccc2)c1CC. The van der Waals surface area contributed by atoms with E-state index in [2.05, 4.69) is 12.2 Å². The van der Waals surface area contributed by atoms with Crippen molar-refractivity contribution in [3.63, 3.8) is 0 Å². The number of benzene rings is 1. The van der Waals surface area contributed by atoms with Crippen molar-refractivity contribution in [1.29, 1.82) is 0 Å². The van der Waals surface area contributed by atoms with E-state index in [0.717, 1.165) is 22.4 Å². The Morgan fingerprint density at radius 2 is 1.95 bits per heavy atom. The molecule has 3 N–H and O–H groups in total. The fourth-order valence-corrected chi connectivity index (χ4v) is 3.30. The fraction of sp³-hybridized carbons (Fsp3) is 0.267. The molecule has 4 heteroatoms. The van der Waals surface area contributed by atoms with Gasteiger partial charge in [0, 0.05) is 11.4 Å². The van der Waals surface area contributed by atoms with Gasteiger partial charge in [-0.3, -0.25) is 4.79 Å². The first-order chi connectivity index (χ1) is 9.19. The van der Waals surface area contributed by atoms with Crippen LogP contribution in [-0.2, 0) is 6.42 Å². The second-order valence-electron chi connectivity index (χ2n) is 4.23. The molecule has 1 aromatic carbocycles.